The van der Waals surface area contributed by atoms with Gasteiger partial charge in [0.05, 0.1) is 49.4 Å². The number of benzene rings is 10. The highest BCUT2D eigenvalue weighted by molar-refractivity contribution is 7.20. The number of aromatic nitrogens is 5. The topological polar surface area (TPSA) is 57.8 Å². The van der Waals surface area contributed by atoms with E-state index in [9.17, 15) is 11.0 Å². The second-order valence-electron chi connectivity index (χ2n) is 19.3. The molecule has 0 amide bonds. The zero-order valence-electron chi connectivity index (χ0n) is 56.8. The van der Waals surface area contributed by atoms with Crippen LogP contribution < -0.4 is 25.7 Å². The minimum absolute atomic E-state index is 0.0262. The maximum absolute atomic E-state index is 9.72. The van der Waals surface area contributed by atoms with Crippen LogP contribution in [0.2, 0.25) is 0 Å². The summed E-state index contributed by atoms with van der Waals surface area (Å²) in [5.41, 5.74) is 6.64. The zero-order valence-corrected chi connectivity index (χ0v) is 41.8. The summed E-state index contributed by atoms with van der Waals surface area (Å²) < 4.78 is 158. The van der Waals surface area contributed by atoms with Gasteiger partial charge in [-0.1, -0.05) is 210 Å². The monoisotopic (exact) mass is 995 g/mol. The molecule has 13 aromatic rings. The Morgan fingerprint density at radius 2 is 0.813 bits per heavy atom. The molecule has 2 aliphatic rings. The van der Waals surface area contributed by atoms with E-state index in [0.717, 1.165) is 71.2 Å². The Balaban J connectivity index is 1.21. The van der Waals surface area contributed by atoms with Crippen LogP contribution in [-0.2, 0) is 5.41 Å². The quantitative estimate of drug-likeness (QED) is 0.123. The van der Waals surface area contributed by atoms with Crippen molar-refractivity contribution in [3.8, 4) is 34.5 Å². The van der Waals surface area contributed by atoms with Gasteiger partial charge in [0.1, 0.15) is 16.9 Å². The first-order valence-corrected chi connectivity index (χ1v) is 26.5. The van der Waals surface area contributed by atoms with Crippen molar-refractivity contribution in [2.45, 2.75) is 33.1 Å². The maximum Gasteiger partial charge on any atom is 0.239 e. The molecule has 0 saturated carbocycles. The number of nitrogens with zero attached hydrogens (tertiary/aromatic N) is 5. The van der Waals surface area contributed by atoms with Crippen LogP contribution in [0.25, 0.3) is 66.6 Å². The maximum atomic E-state index is 9.72. The van der Waals surface area contributed by atoms with Crippen LogP contribution >= 0.6 is 0 Å². The van der Waals surface area contributed by atoms with Gasteiger partial charge in [0.15, 0.2) is 0 Å². The second kappa shape index (κ2) is 16.2. The van der Waals surface area contributed by atoms with Gasteiger partial charge in [0.2, 0.25) is 20.0 Å². The smallest absolute Gasteiger partial charge is 0.239 e. The molecule has 0 atom stereocenters. The second-order valence-corrected chi connectivity index (χ2v) is 22.8. The van der Waals surface area contributed by atoms with Gasteiger partial charge in [-0.3, -0.25) is 9.13 Å². The van der Waals surface area contributed by atoms with Crippen LogP contribution in [0, 0.1) is 27.7 Å². The Morgan fingerprint density at radius 3 is 1.28 bits per heavy atom. The lowest BCUT2D eigenvalue weighted by atomic mass is 9.66. The van der Waals surface area contributed by atoms with E-state index in [4.69, 9.17) is 30.7 Å². The molecule has 0 radical (unpaired) electrons. The van der Waals surface area contributed by atoms with Crippen molar-refractivity contribution in [3.05, 3.63) is 269 Å². The van der Waals surface area contributed by atoms with Gasteiger partial charge in [-0.15, -0.1) is 0 Å². The van der Waals surface area contributed by atoms with E-state index in [1.54, 1.807) is 0 Å². The van der Waals surface area contributed by atoms with Gasteiger partial charge < -0.3 is 4.74 Å². The van der Waals surface area contributed by atoms with Crippen LogP contribution in [0.3, 0.4) is 0 Å². The SMILES string of the molecule is [2H]c1c([2H])c([2H])c2c(c1[2H])c1c([2H])c([2H])c([2H])c([2H])c1n2-c1nc(-n2c3c([2H])c([2H])c([2H])c([2H])c3c3c([2H])c([2H])c([2H])c([2H])c32)nc([Si](c2ccc3c(c2)-c2ccccc2C32c3ccccc3Oc3ccccc32)(c2c(C)cccc2C)c2c(C)cccc2C)n1. The van der Waals surface area contributed by atoms with E-state index < -0.39 is 122 Å². The highest BCUT2D eigenvalue weighted by atomic mass is 28.3. The Bertz CT molecular complexity index is 5040. The molecule has 0 unspecified atom stereocenters. The van der Waals surface area contributed by atoms with Crippen molar-refractivity contribution in [1.29, 1.82) is 0 Å². The molecule has 75 heavy (non-hydrogen) atoms. The fourth-order valence-electron chi connectivity index (χ4n) is 12.6. The van der Waals surface area contributed by atoms with E-state index in [1.807, 2.05) is 113 Å². The summed E-state index contributed by atoms with van der Waals surface area (Å²) in [6.07, 6.45) is 0. The molecular weight excluding hydrogens is 931 g/mol. The molecule has 0 saturated heterocycles. The van der Waals surface area contributed by atoms with E-state index in [-0.39, 0.29) is 49.1 Å². The molecule has 356 valence electrons. The fraction of sp³-hybridized carbons (Fsp3) is 0.0735. The highest BCUT2D eigenvalue weighted by Crippen LogP contribution is 2.61. The summed E-state index contributed by atoms with van der Waals surface area (Å²) >= 11 is 0. The number of aryl methyl sites for hydroxylation is 4. The van der Waals surface area contributed by atoms with E-state index in [1.165, 1.54) is 9.13 Å². The van der Waals surface area contributed by atoms with Crippen molar-refractivity contribution in [2.75, 3.05) is 0 Å². The lowest BCUT2D eigenvalue weighted by Crippen LogP contribution is -2.78. The van der Waals surface area contributed by atoms with Crippen LogP contribution in [0.15, 0.2) is 224 Å². The average molecular weight is 996 g/mol. The third kappa shape index (κ3) is 5.87. The fourth-order valence-corrected chi connectivity index (χ4v) is 18.1. The predicted molar refractivity (Wildman–Crippen MR) is 308 cm³/mol. The first-order valence-electron chi connectivity index (χ1n) is 32.5. The molecule has 15 rings (SSSR count). The molecule has 0 fully saturated rings. The molecule has 1 spiro atoms. The molecule has 6 nitrogen and oxygen atoms in total. The molecule has 1 aliphatic carbocycles. The van der Waals surface area contributed by atoms with Crippen molar-refractivity contribution in [3.63, 3.8) is 0 Å². The van der Waals surface area contributed by atoms with Crippen LogP contribution in [0.4, 0.5) is 0 Å². The molecule has 3 aromatic heterocycles. The molecule has 10 aromatic carbocycles. The van der Waals surface area contributed by atoms with Gasteiger partial charge in [-0.05, 0) is 102 Å². The minimum Gasteiger partial charge on any atom is -0.457 e. The normalized spacial score (nSPS) is 16.3. The number of hydrogen-bond acceptors (Lipinski definition) is 4. The van der Waals surface area contributed by atoms with Crippen LogP contribution in [0.1, 0.15) is 66.4 Å². The largest absolute Gasteiger partial charge is 0.457 e. The van der Waals surface area contributed by atoms with Crippen molar-refractivity contribution in [2.24, 2.45) is 0 Å². The molecule has 0 bridgehead atoms. The standard InChI is InChI=1S/C68H49N5OSi/c1-42-21-19-22-43(2)63(42)75(64-44(3)23-20-24-45(64)4,46-39-40-54-52(41-46)47-25-5-10-30-53(47)68(54)55-31-11-17-37-61(55)74-62-38-18-12-32-56(62)68)67-70-65(72-57-33-13-6-26-48(57)49-27-7-14-34-58(49)72)69-66(71-67)73-59-35-15-8-28-50(59)51-29-9-16-36-60(51)73/h5-41H,1-4H3/i6D,7D,8D,9D,13D,14D,15D,16D,26D,27D,28D,29D,33D,34D,35D,36D. The number of para-hydroxylation sites is 6. The van der Waals surface area contributed by atoms with Gasteiger partial charge >= 0.3 is 0 Å². The Hall–Kier alpha value is -9.17. The van der Waals surface area contributed by atoms with Crippen molar-refractivity contribution >= 4 is 72.7 Å². The number of rotatable bonds is 6. The molecule has 7 heteroatoms. The van der Waals surface area contributed by atoms with Crippen LogP contribution in [0.5, 0.6) is 11.5 Å². The number of ether oxygens (including phenoxy) is 1. The predicted octanol–water partition coefficient (Wildman–Crippen LogP) is 13.1. The average Bonchev–Trinajstić information content (AvgIpc) is 1.59. The minimum atomic E-state index is -4.50. The van der Waals surface area contributed by atoms with Crippen molar-refractivity contribution < 1.29 is 26.7 Å². The van der Waals surface area contributed by atoms with Gasteiger partial charge in [-0.25, -0.2) is 9.97 Å². The molecular formula is C68H49N5OSi. The summed E-state index contributed by atoms with van der Waals surface area (Å²) in [6, 6.07) is 32.0. The summed E-state index contributed by atoms with van der Waals surface area (Å²) in [4.78, 5) is 16.5. The summed E-state index contributed by atoms with van der Waals surface area (Å²) in [6.45, 7) is 7.97. The lowest BCUT2D eigenvalue weighted by molar-refractivity contribution is 0.436. The van der Waals surface area contributed by atoms with Crippen molar-refractivity contribution in [1.82, 2.24) is 24.1 Å². The third-order valence-electron chi connectivity index (χ3n) is 15.4. The third-order valence-corrected chi connectivity index (χ3v) is 20.6. The molecule has 1 aliphatic heterocycles. The van der Waals surface area contributed by atoms with Gasteiger partial charge in [-0.2, -0.15) is 4.98 Å². The number of fused-ring (bicyclic) bond motifs is 15. The number of hydrogen-bond donors (Lipinski definition) is 0. The summed E-state index contributed by atoms with van der Waals surface area (Å²) in [5.74, 6) is 0.462. The van der Waals surface area contributed by atoms with Gasteiger partial charge in [0.25, 0.3) is 0 Å². The summed E-state index contributed by atoms with van der Waals surface area (Å²) in [7, 11) is -4.50. The lowest BCUT2D eigenvalue weighted by Gasteiger charge is -2.40. The highest BCUT2D eigenvalue weighted by Gasteiger charge is 2.54. The first-order chi connectivity index (χ1) is 43.5. The molecule has 0 N–H and O–H groups in total. The first kappa shape index (κ1) is 30.1. The molecule has 4 heterocycles. The Labute approximate surface area is 458 Å². The van der Waals surface area contributed by atoms with E-state index >= 15 is 0 Å². The zero-order chi connectivity index (χ0) is 64.1. The Morgan fingerprint density at radius 1 is 0.413 bits per heavy atom. The van der Waals surface area contributed by atoms with Crippen LogP contribution in [-0.4, -0.2) is 32.2 Å². The summed E-state index contributed by atoms with van der Waals surface area (Å²) in [5, 5.41) is 1.24. The van der Waals surface area contributed by atoms with E-state index in [0.29, 0.717) is 11.5 Å². The van der Waals surface area contributed by atoms with E-state index in [2.05, 4.69) is 42.5 Å². The van der Waals surface area contributed by atoms with Gasteiger partial charge in [0, 0.05) is 32.7 Å². The Kier molecular flexibility index (Phi) is 6.49.